The Kier molecular flexibility index (Phi) is 4.12. The number of hydrogen-bond donors (Lipinski definition) is 0. The largest absolute Gasteiger partial charge is 0.301 e. The topological polar surface area (TPSA) is 43.1 Å². The monoisotopic (exact) mass is 293 g/mol. The number of halogens is 1. The highest BCUT2D eigenvalue weighted by Gasteiger charge is 2.19. The molecule has 0 aliphatic heterocycles. The fraction of sp³-hybridized carbons (Fsp3) is 0.143. The first-order chi connectivity index (χ1) is 8.99. The average molecular weight is 294 g/mol. The van der Waals surface area contributed by atoms with Gasteiger partial charge in [0.2, 0.25) is 0 Å². The number of rotatable bonds is 3. The summed E-state index contributed by atoms with van der Waals surface area (Å²) in [7, 11) is 0. The Morgan fingerprint density at radius 1 is 1.16 bits per heavy atom. The fourth-order valence-corrected chi connectivity index (χ4v) is 3.11. The molecule has 0 saturated carbocycles. The molecule has 2 aromatic rings. The van der Waals surface area contributed by atoms with Crippen LogP contribution in [0.3, 0.4) is 0 Å². The Labute approximate surface area is 120 Å². The predicted octanol–water partition coefficient (Wildman–Crippen LogP) is 5.02. The Balaban J connectivity index is 2.44. The number of benzene rings is 2. The minimum Gasteiger partial charge on any atom is -0.258 e. The van der Waals surface area contributed by atoms with Crippen LogP contribution >= 0.6 is 23.4 Å². The molecular weight excluding hydrogens is 282 g/mol. The number of hydrogen-bond acceptors (Lipinski definition) is 3. The van der Waals surface area contributed by atoms with E-state index in [1.807, 2.05) is 26.0 Å². The summed E-state index contributed by atoms with van der Waals surface area (Å²) in [6.45, 7) is 4.01. The summed E-state index contributed by atoms with van der Waals surface area (Å²) < 4.78 is 0. The van der Waals surface area contributed by atoms with Crippen molar-refractivity contribution >= 4 is 29.1 Å². The van der Waals surface area contributed by atoms with Crippen LogP contribution in [0.25, 0.3) is 0 Å². The molecule has 98 valence electrons. The van der Waals surface area contributed by atoms with Gasteiger partial charge < -0.3 is 0 Å². The van der Waals surface area contributed by atoms with E-state index < -0.39 is 4.92 Å². The lowest BCUT2D eigenvalue weighted by molar-refractivity contribution is -0.387. The molecule has 0 fully saturated rings. The first-order valence-electron chi connectivity index (χ1n) is 5.67. The normalized spacial score (nSPS) is 10.5. The molecule has 0 aliphatic rings. The van der Waals surface area contributed by atoms with Crippen LogP contribution in [0.2, 0.25) is 5.02 Å². The van der Waals surface area contributed by atoms with Crippen LogP contribution in [0, 0.1) is 24.0 Å². The third-order valence-electron chi connectivity index (χ3n) is 2.68. The molecule has 2 rings (SSSR count). The molecule has 0 heterocycles. The molecule has 0 aliphatic carbocycles. The van der Waals surface area contributed by atoms with Crippen LogP contribution in [-0.4, -0.2) is 4.92 Å². The number of nitrogens with zero attached hydrogens (tertiary/aromatic N) is 1. The maximum absolute atomic E-state index is 11.1. The van der Waals surface area contributed by atoms with Crippen molar-refractivity contribution in [3.05, 3.63) is 62.7 Å². The van der Waals surface area contributed by atoms with Crippen molar-refractivity contribution in [3.63, 3.8) is 0 Å². The smallest absolute Gasteiger partial charge is 0.258 e. The lowest BCUT2D eigenvalue weighted by atomic mass is 10.2. The van der Waals surface area contributed by atoms with Gasteiger partial charge in [-0.05, 0) is 37.6 Å². The minimum atomic E-state index is -0.436. The molecule has 0 spiro atoms. The number of nitro benzene ring substituents is 1. The van der Waals surface area contributed by atoms with Crippen molar-refractivity contribution in [1.29, 1.82) is 0 Å². The van der Waals surface area contributed by atoms with E-state index in [-0.39, 0.29) is 10.7 Å². The number of nitro groups is 1. The van der Waals surface area contributed by atoms with Crippen LogP contribution in [0.5, 0.6) is 0 Å². The van der Waals surface area contributed by atoms with Crippen molar-refractivity contribution in [2.75, 3.05) is 0 Å². The first kappa shape index (κ1) is 13.9. The van der Waals surface area contributed by atoms with Crippen molar-refractivity contribution in [3.8, 4) is 0 Å². The molecule has 0 unspecified atom stereocenters. The molecule has 19 heavy (non-hydrogen) atoms. The lowest BCUT2D eigenvalue weighted by Gasteiger charge is -2.07. The van der Waals surface area contributed by atoms with Gasteiger partial charge >= 0.3 is 5.69 Å². The van der Waals surface area contributed by atoms with Gasteiger partial charge in [-0.1, -0.05) is 47.1 Å². The molecule has 5 heteroatoms. The summed E-state index contributed by atoms with van der Waals surface area (Å²) in [6, 6.07) is 11.0. The SMILES string of the molecule is Cc1ccc(Sc2cccc(Cl)c2[N+](=O)[O-])c(C)c1. The van der Waals surface area contributed by atoms with E-state index in [0.29, 0.717) is 4.90 Å². The lowest BCUT2D eigenvalue weighted by Crippen LogP contribution is -1.92. The van der Waals surface area contributed by atoms with Crippen LogP contribution in [0.15, 0.2) is 46.2 Å². The van der Waals surface area contributed by atoms with Crippen molar-refractivity contribution < 1.29 is 4.92 Å². The average Bonchev–Trinajstić information content (AvgIpc) is 2.32. The zero-order valence-electron chi connectivity index (χ0n) is 10.5. The van der Waals surface area contributed by atoms with Crippen molar-refractivity contribution in [2.24, 2.45) is 0 Å². The second kappa shape index (κ2) is 5.63. The van der Waals surface area contributed by atoms with E-state index >= 15 is 0 Å². The molecule has 2 aromatic carbocycles. The van der Waals surface area contributed by atoms with E-state index in [2.05, 4.69) is 6.07 Å². The summed E-state index contributed by atoms with van der Waals surface area (Å²) in [5, 5.41) is 11.2. The van der Waals surface area contributed by atoms with Gasteiger partial charge in [0.25, 0.3) is 0 Å². The predicted molar refractivity (Wildman–Crippen MR) is 78.1 cm³/mol. The molecule has 0 bridgehead atoms. The quantitative estimate of drug-likeness (QED) is 0.590. The second-order valence-electron chi connectivity index (χ2n) is 4.21. The van der Waals surface area contributed by atoms with Gasteiger partial charge in [-0.2, -0.15) is 0 Å². The molecule has 0 N–H and O–H groups in total. The molecule has 0 saturated heterocycles. The third kappa shape index (κ3) is 3.08. The Morgan fingerprint density at radius 3 is 2.53 bits per heavy atom. The molecule has 3 nitrogen and oxygen atoms in total. The summed E-state index contributed by atoms with van der Waals surface area (Å²) >= 11 is 7.27. The zero-order chi connectivity index (χ0) is 14.0. The number of para-hydroxylation sites is 1. The summed E-state index contributed by atoms with van der Waals surface area (Å²) in [4.78, 5) is 12.2. The summed E-state index contributed by atoms with van der Waals surface area (Å²) in [5.41, 5.74) is 2.23. The molecular formula is C14H12ClNO2S. The van der Waals surface area contributed by atoms with E-state index in [1.54, 1.807) is 12.1 Å². The highest BCUT2D eigenvalue weighted by atomic mass is 35.5. The van der Waals surface area contributed by atoms with Gasteiger partial charge in [0, 0.05) is 4.90 Å². The van der Waals surface area contributed by atoms with Crippen LogP contribution in [0.4, 0.5) is 5.69 Å². The molecule has 0 aromatic heterocycles. The van der Waals surface area contributed by atoms with Gasteiger partial charge in [0.1, 0.15) is 5.02 Å². The zero-order valence-corrected chi connectivity index (χ0v) is 12.1. The van der Waals surface area contributed by atoms with Gasteiger partial charge in [-0.15, -0.1) is 0 Å². The van der Waals surface area contributed by atoms with E-state index in [1.165, 1.54) is 23.4 Å². The summed E-state index contributed by atoms with van der Waals surface area (Å²) in [5.74, 6) is 0. The first-order valence-corrected chi connectivity index (χ1v) is 6.86. The molecule has 0 radical (unpaired) electrons. The van der Waals surface area contributed by atoms with Crippen molar-refractivity contribution in [1.82, 2.24) is 0 Å². The van der Waals surface area contributed by atoms with Crippen molar-refractivity contribution in [2.45, 2.75) is 23.6 Å². The fourth-order valence-electron chi connectivity index (χ4n) is 1.79. The van der Waals surface area contributed by atoms with Gasteiger partial charge in [0.05, 0.1) is 9.82 Å². The van der Waals surface area contributed by atoms with Crippen LogP contribution in [-0.2, 0) is 0 Å². The Hall–Kier alpha value is -1.52. The highest BCUT2D eigenvalue weighted by Crippen LogP contribution is 2.39. The Bertz CT molecular complexity index is 643. The van der Waals surface area contributed by atoms with Crippen LogP contribution < -0.4 is 0 Å². The maximum Gasteiger partial charge on any atom is 0.301 e. The standard InChI is InChI=1S/C14H12ClNO2S/c1-9-6-7-12(10(2)8-9)19-13-5-3-4-11(15)14(13)16(17)18/h3-8H,1-2H3. The third-order valence-corrected chi connectivity index (χ3v) is 4.22. The summed E-state index contributed by atoms with van der Waals surface area (Å²) in [6.07, 6.45) is 0. The van der Waals surface area contributed by atoms with Crippen LogP contribution in [0.1, 0.15) is 11.1 Å². The molecule has 0 atom stereocenters. The Morgan fingerprint density at radius 2 is 1.89 bits per heavy atom. The van der Waals surface area contributed by atoms with E-state index in [4.69, 9.17) is 11.6 Å². The highest BCUT2D eigenvalue weighted by molar-refractivity contribution is 7.99. The van der Waals surface area contributed by atoms with E-state index in [9.17, 15) is 10.1 Å². The molecule has 0 amide bonds. The van der Waals surface area contributed by atoms with Gasteiger partial charge in [-0.3, -0.25) is 10.1 Å². The maximum atomic E-state index is 11.1. The second-order valence-corrected chi connectivity index (χ2v) is 5.71. The van der Waals surface area contributed by atoms with E-state index in [0.717, 1.165) is 10.5 Å². The van der Waals surface area contributed by atoms with Gasteiger partial charge in [-0.25, -0.2) is 0 Å². The number of aryl methyl sites for hydroxylation is 2. The minimum absolute atomic E-state index is 0.0332. The van der Waals surface area contributed by atoms with Gasteiger partial charge in [0.15, 0.2) is 0 Å².